The van der Waals surface area contributed by atoms with E-state index in [9.17, 15) is 13.2 Å². The summed E-state index contributed by atoms with van der Waals surface area (Å²) in [5.41, 5.74) is 1.85. The molecule has 5 nitrogen and oxygen atoms in total. The minimum atomic E-state index is -3.43. The summed E-state index contributed by atoms with van der Waals surface area (Å²) in [6, 6.07) is 5.08. The number of amides is 1. The Balaban J connectivity index is 1.58. The number of hydrogen-bond acceptors (Lipinski definition) is 3. The van der Waals surface area contributed by atoms with E-state index in [1.54, 1.807) is 18.2 Å². The van der Waals surface area contributed by atoms with Gasteiger partial charge in [-0.15, -0.1) is 0 Å². The lowest BCUT2D eigenvalue weighted by Gasteiger charge is -2.18. The standard InChI is InChI=1S/C17H22N2O3S/c1-18-23(21,22)12-6-7-15-11(10-12)8-9-19(15)17(20)16-13-4-2-3-5-14(13)16/h6-7,10,13-14,16,18H,2-5,8-9H2,1H3/t13-,14-/m0/s1. The topological polar surface area (TPSA) is 66.5 Å². The van der Waals surface area contributed by atoms with Gasteiger partial charge in [0, 0.05) is 18.2 Å². The minimum absolute atomic E-state index is 0.212. The van der Waals surface area contributed by atoms with Gasteiger partial charge in [0.05, 0.1) is 4.90 Å². The second kappa shape index (κ2) is 5.31. The van der Waals surface area contributed by atoms with Gasteiger partial charge in [-0.2, -0.15) is 0 Å². The van der Waals surface area contributed by atoms with Crippen molar-refractivity contribution in [3.8, 4) is 0 Å². The molecule has 0 unspecified atom stereocenters. The fourth-order valence-corrected chi connectivity index (χ4v) is 5.21. The number of benzene rings is 1. The molecule has 2 aliphatic carbocycles. The summed E-state index contributed by atoms with van der Waals surface area (Å²) in [7, 11) is -2.02. The van der Waals surface area contributed by atoms with Crippen LogP contribution in [0.5, 0.6) is 0 Å². The van der Waals surface area contributed by atoms with Crippen LogP contribution in [-0.4, -0.2) is 27.9 Å². The summed E-state index contributed by atoms with van der Waals surface area (Å²) in [5, 5.41) is 0. The van der Waals surface area contributed by atoms with Gasteiger partial charge in [0.1, 0.15) is 0 Å². The Kier molecular flexibility index (Phi) is 3.50. The number of fused-ring (bicyclic) bond motifs is 2. The Morgan fingerprint density at radius 1 is 1.22 bits per heavy atom. The molecular formula is C17H22N2O3S. The van der Waals surface area contributed by atoms with Crippen molar-refractivity contribution in [2.24, 2.45) is 17.8 Å². The first-order chi connectivity index (χ1) is 11.0. The van der Waals surface area contributed by atoms with Gasteiger partial charge in [-0.25, -0.2) is 13.1 Å². The van der Waals surface area contributed by atoms with Crippen molar-refractivity contribution in [2.45, 2.75) is 37.0 Å². The minimum Gasteiger partial charge on any atom is -0.312 e. The Bertz CT molecular complexity index is 747. The van der Waals surface area contributed by atoms with Crippen molar-refractivity contribution in [3.63, 3.8) is 0 Å². The van der Waals surface area contributed by atoms with Gasteiger partial charge < -0.3 is 4.90 Å². The maximum atomic E-state index is 12.9. The zero-order valence-corrected chi connectivity index (χ0v) is 14.1. The van der Waals surface area contributed by atoms with E-state index in [0.717, 1.165) is 17.7 Å². The van der Waals surface area contributed by atoms with Crippen LogP contribution < -0.4 is 9.62 Å². The van der Waals surface area contributed by atoms with Crippen LogP contribution in [0, 0.1) is 17.8 Å². The van der Waals surface area contributed by atoms with Crippen LogP contribution >= 0.6 is 0 Å². The van der Waals surface area contributed by atoms with Gasteiger partial charge in [-0.05, 0) is 61.9 Å². The highest BCUT2D eigenvalue weighted by Crippen LogP contribution is 2.56. The summed E-state index contributed by atoms with van der Waals surface area (Å²) in [4.78, 5) is 15.0. The van der Waals surface area contributed by atoms with Gasteiger partial charge in [-0.1, -0.05) is 12.8 Å². The van der Waals surface area contributed by atoms with Crippen LogP contribution in [0.25, 0.3) is 0 Å². The Labute approximate surface area is 137 Å². The van der Waals surface area contributed by atoms with Crippen molar-refractivity contribution < 1.29 is 13.2 Å². The molecule has 2 atom stereocenters. The van der Waals surface area contributed by atoms with E-state index in [1.807, 2.05) is 4.90 Å². The molecule has 124 valence electrons. The second-order valence-corrected chi connectivity index (χ2v) is 8.76. The van der Waals surface area contributed by atoms with Crippen molar-refractivity contribution in [2.75, 3.05) is 18.5 Å². The van der Waals surface area contributed by atoms with Crippen molar-refractivity contribution >= 4 is 21.6 Å². The predicted octanol–water partition coefficient (Wildman–Crippen LogP) is 1.92. The Hall–Kier alpha value is -1.40. The molecule has 1 heterocycles. The maximum Gasteiger partial charge on any atom is 0.240 e. The second-order valence-electron chi connectivity index (χ2n) is 6.88. The average molecular weight is 334 g/mol. The highest BCUT2D eigenvalue weighted by atomic mass is 32.2. The number of rotatable bonds is 3. The van der Waals surface area contributed by atoms with Crippen LogP contribution in [0.3, 0.4) is 0 Å². The summed E-state index contributed by atoms with van der Waals surface area (Å²) in [6.07, 6.45) is 5.64. The lowest BCUT2D eigenvalue weighted by atomic mass is 10.0. The third kappa shape index (κ3) is 2.39. The zero-order chi connectivity index (χ0) is 16.2. The highest BCUT2D eigenvalue weighted by Gasteiger charge is 2.56. The summed E-state index contributed by atoms with van der Waals surface area (Å²) >= 11 is 0. The molecule has 1 amide bonds. The maximum absolute atomic E-state index is 12.9. The van der Waals surface area contributed by atoms with E-state index in [4.69, 9.17) is 0 Å². The molecule has 23 heavy (non-hydrogen) atoms. The van der Waals surface area contributed by atoms with Crippen LogP contribution in [0.15, 0.2) is 23.1 Å². The molecule has 0 aromatic heterocycles. The number of anilines is 1. The van der Waals surface area contributed by atoms with Crippen LogP contribution in [-0.2, 0) is 21.2 Å². The summed E-state index contributed by atoms with van der Waals surface area (Å²) in [6.45, 7) is 0.674. The molecule has 2 saturated carbocycles. The lowest BCUT2D eigenvalue weighted by Crippen LogP contribution is -2.31. The van der Waals surface area contributed by atoms with Crippen LogP contribution in [0.4, 0.5) is 5.69 Å². The Morgan fingerprint density at radius 2 is 1.91 bits per heavy atom. The van der Waals surface area contributed by atoms with Crippen molar-refractivity contribution in [3.05, 3.63) is 23.8 Å². The predicted molar refractivity (Wildman–Crippen MR) is 87.7 cm³/mol. The molecule has 6 heteroatoms. The smallest absolute Gasteiger partial charge is 0.240 e. The van der Waals surface area contributed by atoms with Gasteiger partial charge in [0.25, 0.3) is 0 Å². The van der Waals surface area contributed by atoms with Gasteiger partial charge in [0.2, 0.25) is 15.9 Å². The first-order valence-electron chi connectivity index (χ1n) is 8.41. The molecule has 1 aromatic carbocycles. The SMILES string of the molecule is CNS(=O)(=O)c1ccc2c(c1)CCN2C(=O)C1[C@H]2CCCC[C@H]12. The van der Waals surface area contributed by atoms with E-state index in [1.165, 1.54) is 32.7 Å². The average Bonchev–Trinajstić information content (AvgIpc) is 3.14. The molecule has 0 radical (unpaired) electrons. The van der Waals surface area contributed by atoms with Gasteiger partial charge >= 0.3 is 0 Å². The molecule has 2 fully saturated rings. The molecule has 1 N–H and O–H groups in total. The monoisotopic (exact) mass is 334 g/mol. The number of sulfonamides is 1. The normalized spacial score (nSPS) is 29.1. The molecule has 0 spiro atoms. The number of hydrogen-bond donors (Lipinski definition) is 1. The largest absolute Gasteiger partial charge is 0.312 e. The number of carbonyl (C=O) groups excluding carboxylic acids is 1. The lowest BCUT2D eigenvalue weighted by molar-refractivity contribution is -0.120. The third-order valence-electron chi connectivity index (χ3n) is 5.73. The summed E-state index contributed by atoms with van der Waals surface area (Å²) in [5.74, 6) is 1.67. The first kappa shape index (κ1) is 15.1. The van der Waals surface area contributed by atoms with Crippen LogP contribution in [0.2, 0.25) is 0 Å². The number of nitrogens with one attached hydrogen (secondary N) is 1. The number of nitrogens with zero attached hydrogens (tertiary/aromatic N) is 1. The molecule has 0 saturated heterocycles. The molecule has 4 rings (SSSR count). The number of carbonyl (C=O) groups is 1. The van der Waals surface area contributed by atoms with E-state index in [0.29, 0.717) is 18.4 Å². The van der Waals surface area contributed by atoms with Crippen molar-refractivity contribution in [1.82, 2.24) is 4.72 Å². The fourth-order valence-electron chi connectivity index (χ4n) is 4.43. The molecule has 3 aliphatic rings. The van der Waals surface area contributed by atoms with Crippen LogP contribution in [0.1, 0.15) is 31.2 Å². The van der Waals surface area contributed by atoms with E-state index >= 15 is 0 Å². The first-order valence-corrected chi connectivity index (χ1v) is 9.89. The van der Waals surface area contributed by atoms with E-state index in [2.05, 4.69) is 4.72 Å². The van der Waals surface area contributed by atoms with E-state index in [-0.39, 0.29) is 16.7 Å². The van der Waals surface area contributed by atoms with Gasteiger partial charge in [-0.3, -0.25) is 4.79 Å². The highest BCUT2D eigenvalue weighted by molar-refractivity contribution is 7.89. The molecule has 1 aliphatic heterocycles. The Morgan fingerprint density at radius 3 is 2.57 bits per heavy atom. The van der Waals surface area contributed by atoms with E-state index < -0.39 is 10.0 Å². The van der Waals surface area contributed by atoms with Gasteiger partial charge in [0.15, 0.2) is 0 Å². The quantitative estimate of drug-likeness (QED) is 0.918. The summed E-state index contributed by atoms with van der Waals surface area (Å²) < 4.78 is 26.2. The third-order valence-corrected chi connectivity index (χ3v) is 7.15. The zero-order valence-electron chi connectivity index (χ0n) is 13.3. The molecule has 0 bridgehead atoms. The molecular weight excluding hydrogens is 312 g/mol. The fraction of sp³-hybridized carbons (Fsp3) is 0.588. The molecule has 1 aromatic rings. The van der Waals surface area contributed by atoms with Crippen molar-refractivity contribution in [1.29, 1.82) is 0 Å².